The fourth-order valence-corrected chi connectivity index (χ4v) is 2.39. The second-order valence-electron chi connectivity index (χ2n) is 4.77. The molecule has 0 aliphatic carbocycles. The molecule has 1 atom stereocenters. The van der Waals surface area contributed by atoms with E-state index in [-0.39, 0.29) is 0 Å². The maximum absolute atomic E-state index is 5.42. The highest BCUT2D eigenvalue weighted by atomic mass is 16.5. The Balaban J connectivity index is 2.03. The molecule has 1 aromatic rings. The summed E-state index contributed by atoms with van der Waals surface area (Å²) >= 11 is 0. The van der Waals surface area contributed by atoms with Crippen LogP contribution in [0.4, 0.5) is 5.69 Å². The third-order valence-corrected chi connectivity index (χ3v) is 3.45. The highest BCUT2D eigenvalue weighted by molar-refractivity contribution is 5.52. The van der Waals surface area contributed by atoms with E-state index < -0.39 is 0 Å². The van der Waals surface area contributed by atoms with E-state index in [0.717, 1.165) is 39.0 Å². The molecular formula is C14H23N3O. The summed E-state index contributed by atoms with van der Waals surface area (Å²) in [6, 6.07) is 2.11. The normalized spacial score (nSPS) is 19.4. The zero-order valence-corrected chi connectivity index (χ0v) is 11.4. The van der Waals surface area contributed by atoms with Gasteiger partial charge in [-0.05, 0) is 31.0 Å². The van der Waals surface area contributed by atoms with Crippen molar-refractivity contribution in [3.05, 3.63) is 24.0 Å². The lowest BCUT2D eigenvalue weighted by Crippen LogP contribution is -2.25. The Morgan fingerprint density at radius 3 is 3.17 bits per heavy atom. The molecule has 2 rings (SSSR count). The molecule has 0 aromatic carbocycles. The van der Waals surface area contributed by atoms with E-state index in [1.54, 1.807) is 7.11 Å². The fraction of sp³-hybridized carbons (Fsp3) is 0.643. The number of hydrogen-bond donors (Lipinski definition) is 1. The maximum atomic E-state index is 5.42. The van der Waals surface area contributed by atoms with Gasteiger partial charge in [0.05, 0.1) is 18.0 Å². The summed E-state index contributed by atoms with van der Waals surface area (Å²) in [5.41, 5.74) is 2.58. The van der Waals surface area contributed by atoms with Crippen LogP contribution < -0.4 is 10.2 Å². The van der Waals surface area contributed by atoms with Crippen LogP contribution in [0.5, 0.6) is 0 Å². The zero-order valence-electron chi connectivity index (χ0n) is 11.4. The van der Waals surface area contributed by atoms with E-state index in [0.29, 0.717) is 6.10 Å². The number of methoxy groups -OCH3 is 1. The van der Waals surface area contributed by atoms with E-state index in [9.17, 15) is 0 Å². The van der Waals surface area contributed by atoms with Crippen LogP contribution in [0.1, 0.15) is 25.3 Å². The van der Waals surface area contributed by atoms with Crippen LogP contribution in [0.3, 0.4) is 0 Å². The topological polar surface area (TPSA) is 37.4 Å². The second kappa shape index (κ2) is 6.71. The monoisotopic (exact) mass is 249 g/mol. The van der Waals surface area contributed by atoms with Crippen molar-refractivity contribution >= 4 is 5.69 Å². The first-order valence-electron chi connectivity index (χ1n) is 6.76. The van der Waals surface area contributed by atoms with Crippen LogP contribution in [0.25, 0.3) is 0 Å². The number of aromatic nitrogens is 1. The van der Waals surface area contributed by atoms with Gasteiger partial charge in [0.1, 0.15) is 0 Å². The van der Waals surface area contributed by atoms with E-state index in [2.05, 4.69) is 28.2 Å². The van der Waals surface area contributed by atoms with Crippen LogP contribution in [0.15, 0.2) is 18.5 Å². The van der Waals surface area contributed by atoms with Gasteiger partial charge in [-0.3, -0.25) is 4.98 Å². The summed E-state index contributed by atoms with van der Waals surface area (Å²) in [5, 5.41) is 3.45. The fourth-order valence-electron chi connectivity index (χ4n) is 2.39. The third kappa shape index (κ3) is 3.21. The molecule has 1 fully saturated rings. The zero-order chi connectivity index (χ0) is 12.8. The summed E-state index contributed by atoms with van der Waals surface area (Å²) in [6.07, 6.45) is 6.47. The number of ether oxygens (including phenoxy) is 1. The minimum atomic E-state index is 0.363. The number of anilines is 1. The average molecular weight is 249 g/mol. The third-order valence-electron chi connectivity index (χ3n) is 3.45. The van der Waals surface area contributed by atoms with Crippen LogP contribution in [-0.2, 0) is 11.3 Å². The summed E-state index contributed by atoms with van der Waals surface area (Å²) in [5.74, 6) is 0. The molecule has 0 bridgehead atoms. The maximum Gasteiger partial charge on any atom is 0.0762 e. The lowest BCUT2D eigenvalue weighted by atomic mass is 10.2. The molecule has 18 heavy (non-hydrogen) atoms. The minimum absolute atomic E-state index is 0.363. The smallest absolute Gasteiger partial charge is 0.0762 e. The van der Waals surface area contributed by atoms with E-state index in [1.165, 1.54) is 11.3 Å². The quantitative estimate of drug-likeness (QED) is 0.780. The molecule has 100 valence electrons. The predicted octanol–water partition coefficient (Wildman–Crippen LogP) is 1.81. The molecule has 4 heteroatoms. The van der Waals surface area contributed by atoms with Crippen molar-refractivity contribution in [1.82, 2.24) is 10.3 Å². The van der Waals surface area contributed by atoms with Crippen LogP contribution >= 0.6 is 0 Å². The summed E-state index contributed by atoms with van der Waals surface area (Å²) < 4.78 is 5.42. The summed E-state index contributed by atoms with van der Waals surface area (Å²) in [6.45, 7) is 6.19. The molecule has 1 aromatic heterocycles. The Labute approximate surface area is 109 Å². The Morgan fingerprint density at radius 2 is 2.44 bits per heavy atom. The molecule has 0 spiro atoms. The average Bonchev–Trinajstić information content (AvgIpc) is 2.88. The lowest BCUT2D eigenvalue weighted by molar-refractivity contribution is 0.121. The summed E-state index contributed by atoms with van der Waals surface area (Å²) in [7, 11) is 1.79. The lowest BCUT2D eigenvalue weighted by Gasteiger charge is -2.21. The second-order valence-corrected chi connectivity index (χ2v) is 4.77. The standard InChI is InChI=1S/C14H23N3O/c1-3-6-15-9-12-4-7-16-10-14(12)17-8-5-13(11-17)18-2/h4,7,10,13,15H,3,5-6,8-9,11H2,1-2H3. The van der Waals surface area contributed by atoms with Crippen molar-refractivity contribution in [3.8, 4) is 0 Å². The van der Waals surface area contributed by atoms with Gasteiger partial charge in [0, 0.05) is 32.9 Å². The van der Waals surface area contributed by atoms with Crippen molar-refractivity contribution in [2.24, 2.45) is 0 Å². The largest absolute Gasteiger partial charge is 0.380 e. The molecule has 1 N–H and O–H groups in total. The summed E-state index contributed by atoms with van der Waals surface area (Å²) in [4.78, 5) is 6.64. The highest BCUT2D eigenvalue weighted by Crippen LogP contribution is 2.24. The van der Waals surface area contributed by atoms with Crippen LogP contribution in [-0.4, -0.2) is 37.8 Å². The number of hydrogen-bond acceptors (Lipinski definition) is 4. The number of pyridine rings is 1. The van der Waals surface area contributed by atoms with Crippen LogP contribution in [0.2, 0.25) is 0 Å². The van der Waals surface area contributed by atoms with Crippen molar-refractivity contribution in [2.45, 2.75) is 32.4 Å². The number of nitrogens with zero attached hydrogens (tertiary/aromatic N) is 2. The Morgan fingerprint density at radius 1 is 1.56 bits per heavy atom. The molecule has 1 saturated heterocycles. The van der Waals surface area contributed by atoms with Gasteiger partial charge < -0.3 is 15.0 Å². The number of nitrogens with one attached hydrogen (secondary N) is 1. The Hall–Kier alpha value is -1.13. The molecule has 0 amide bonds. The Kier molecular flexibility index (Phi) is 4.96. The first kappa shape index (κ1) is 13.3. The van der Waals surface area contributed by atoms with Crippen molar-refractivity contribution < 1.29 is 4.74 Å². The molecule has 1 aliphatic heterocycles. The Bertz CT molecular complexity index is 370. The first-order valence-corrected chi connectivity index (χ1v) is 6.76. The van der Waals surface area contributed by atoms with Gasteiger partial charge in [0.25, 0.3) is 0 Å². The van der Waals surface area contributed by atoms with E-state index in [1.807, 2.05) is 12.4 Å². The molecule has 1 aliphatic rings. The first-order chi connectivity index (χ1) is 8.85. The molecule has 0 radical (unpaired) electrons. The highest BCUT2D eigenvalue weighted by Gasteiger charge is 2.23. The van der Waals surface area contributed by atoms with Gasteiger partial charge >= 0.3 is 0 Å². The minimum Gasteiger partial charge on any atom is -0.380 e. The van der Waals surface area contributed by atoms with Crippen molar-refractivity contribution in [1.29, 1.82) is 0 Å². The SMILES string of the molecule is CCCNCc1ccncc1N1CCC(OC)C1. The molecule has 0 saturated carbocycles. The molecule has 4 nitrogen and oxygen atoms in total. The molecular weight excluding hydrogens is 226 g/mol. The van der Waals surface area contributed by atoms with E-state index in [4.69, 9.17) is 4.74 Å². The van der Waals surface area contributed by atoms with Gasteiger partial charge in [-0.25, -0.2) is 0 Å². The molecule has 1 unspecified atom stereocenters. The van der Waals surface area contributed by atoms with Crippen molar-refractivity contribution in [2.75, 3.05) is 31.6 Å². The predicted molar refractivity (Wildman–Crippen MR) is 73.9 cm³/mol. The number of rotatable bonds is 6. The molecule has 2 heterocycles. The van der Waals surface area contributed by atoms with Gasteiger partial charge in [-0.15, -0.1) is 0 Å². The van der Waals surface area contributed by atoms with E-state index >= 15 is 0 Å². The van der Waals surface area contributed by atoms with Crippen molar-refractivity contribution in [3.63, 3.8) is 0 Å². The van der Waals surface area contributed by atoms with Crippen LogP contribution in [0, 0.1) is 0 Å². The van der Waals surface area contributed by atoms with Gasteiger partial charge in [0.2, 0.25) is 0 Å². The van der Waals surface area contributed by atoms with Gasteiger partial charge in [-0.1, -0.05) is 6.92 Å². The van der Waals surface area contributed by atoms with Gasteiger partial charge in [0.15, 0.2) is 0 Å². The van der Waals surface area contributed by atoms with Gasteiger partial charge in [-0.2, -0.15) is 0 Å².